The number of carboxylic acid groups (broad SMARTS) is 1. The van der Waals surface area contributed by atoms with Crippen molar-refractivity contribution in [2.24, 2.45) is 7.05 Å². The molecule has 0 spiro atoms. The Morgan fingerprint density at radius 2 is 2.14 bits per heavy atom. The van der Waals surface area contributed by atoms with E-state index in [1.54, 1.807) is 4.57 Å². The number of carboxylic acids is 1. The summed E-state index contributed by atoms with van der Waals surface area (Å²) in [4.78, 5) is 13.9. The zero-order valence-electron chi connectivity index (χ0n) is 12.5. The lowest BCUT2D eigenvalue weighted by atomic mass is 10.1. The van der Waals surface area contributed by atoms with E-state index in [1.165, 1.54) is 5.56 Å². The van der Waals surface area contributed by atoms with Crippen LogP contribution in [-0.4, -0.2) is 31.5 Å². The molecule has 0 bridgehead atoms. The number of rotatable bonds is 4. The number of aryl methyl sites for hydroxylation is 2. The number of hydrogen-bond acceptors (Lipinski definition) is 5. The normalized spacial score (nSPS) is 11.2. The maximum Gasteiger partial charge on any atom is 0.191 e. The van der Waals surface area contributed by atoms with Crippen LogP contribution in [0.4, 0.5) is 0 Å². The highest BCUT2D eigenvalue weighted by atomic mass is 32.2. The maximum atomic E-state index is 10.6. The predicted octanol–water partition coefficient (Wildman–Crippen LogP) is 1.42. The lowest BCUT2D eigenvalue weighted by Crippen LogP contribution is -2.24. The van der Waals surface area contributed by atoms with Crippen LogP contribution in [0.2, 0.25) is 0 Å². The number of H-pyrrole nitrogens is 1. The van der Waals surface area contributed by atoms with Gasteiger partial charge in [0.2, 0.25) is 0 Å². The van der Waals surface area contributed by atoms with Crippen LogP contribution in [0.3, 0.4) is 0 Å². The van der Waals surface area contributed by atoms with Crippen molar-refractivity contribution in [2.45, 2.75) is 19.0 Å². The zero-order valence-corrected chi connectivity index (χ0v) is 13.3. The predicted molar refractivity (Wildman–Crippen MR) is 83.5 cm³/mol. The van der Waals surface area contributed by atoms with Gasteiger partial charge in [-0.3, -0.25) is 0 Å². The molecule has 22 heavy (non-hydrogen) atoms. The Hall–Kier alpha value is -2.28. The summed E-state index contributed by atoms with van der Waals surface area (Å²) in [5.74, 6) is -0.545. The number of fused-ring (bicyclic) bond motifs is 1. The molecule has 0 aliphatic heterocycles. The second-order valence-electron chi connectivity index (χ2n) is 5.16. The van der Waals surface area contributed by atoms with Crippen LogP contribution in [-0.2, 0) is 11.8 Å². The van der Waals surface area contributed by atoms with Gasteiger partial charge >= 0.3 is 0 Å². The quantitative estimate of drug-likeness (QED) is 0.736. The second kappa shape index (κ2) is 5.49. The minimum Gasteiger partial charge on any atom is -0.549 e. The summed E-state index contributed by atoms with van der Waals surface area (Å²) >= 11 is 1.10. The number of thioether (sulfide) groups is 1. The van der Waals surface area contributed by atoms with Crippen molar-refractivity contribution in [3.63, 3.8) is 0 Å². The van der Waals surface area contributed by atoms with Crippen molar-refractivity contribution < 1.29 is 9.90 Å². The Balaban J connectivity index is 2.00. The van der Waals surface area contributed by atoms with E-state index in [0.717, 1.165) is 33.9 Å². The standard InChI is InChI=1S/C15H16N4O2S/c1-8-9(2)16-12-5-4-10(6-11(8)12)14-17-18-15(19(14)3)22-7-13(20)21/h4-6,16H,7H2,1-3H3,(H,20,21)/p-1. The van der Waals surface area contributed by atoms with Gasteiger partial charge in [0, 0.05) is 35.0 Å². The number of carbonyl (C=O) groups excluding carboxylic acids is 1. The van der Waals surface area contributed by atoms with Gasteiger partial charge < -0.3 is 19.5 Å². The fraction of sp³-hybridized carbons (Fsp3) is 0.267. The molecule has 0 saturated heterocycles. The molecule has 0 unspecified atom stereocenters. The number of nitrogens with one attached hydrogen (secondary N) is 1. The van der Waals surface area contributed by atoms with Crippen LogP contribution in [0.1, 0.15) is 11.3 Å². The monoisotopic (exact) mass is 315 g/mol. The first-order chi connectivity index (χ1) is 10.5. The lowest BCUT2D eigenvalue weighted by Gasteiger charge is -2.05. The van der Waals surface area contributed by atoms with Gasteiger partial charge in [0.25, 0.3) is 0 Å². The summed E-state index contributed by atoms with van der Waals surface area (Å²) in [5, 5.41) is 20.5. The van der Waals surface area contributed by atoms with E-state index in [0.29, 0.717) is 11.0 Å². The van der Waals surface area contributed by atoms with Gasteiger partial charge in [0.05, 0.1) is 5.97 Å². The first-order valence-electron chi connectivity index (χ1n) is 6.78. The molecular formula is C15H15N4O2S-. The number of aliphatic carboxylic acids is 1. The average Bonchev–Trinajstić information content (AvgIpc) is 2.98. The number of nitrogens with zero attached hydrogens (tertiary/aromatic N) is 3. The molecule has 0 amide bonds. The molecule has 3 aromatic rings. The molecule has 6 nitrogen and oxygen atoms in total. The SMILES string of the molecule is Cc1[nH]c2ccc(-c3nnc(SCC(=O)[O-])n3C)cc2c1C. The topological polar surface area (TPSA) is 86.6 Å². The summed E-state index contributed by atoms with van der Waals surface area (Å²) in [6, 6.07) is 6.08. The first kappa shape index (κ1) is 14.6. The fourth-order valence-electron chi connectivity index (χ4n) is 2.42. The molecular weight excluding hydrogens is 300 g/mol. The highest BCUT2D eigenvalue weighted by Crippen LogP contribution is 2.28. The Morgan fingerprint density at radius 3 is 2.86 bits per heavy atom. The third-order valence-corrected chi connectivity index (χ3v) is 4.71. The van der Waals surface area contributed by atoms with Gasteiger partial charge in [-0.2, -0.15) is 0 Å². The summed E-state index contributed by atoms with van der Waals surface area (Å²) in [6.07, 6.45) is 0. The average molecular weight is 315 g/mol. The lowest BCUT2D eigenvalue weighted by molar-refractivity contribution is -0.301. The van der Waals surface area contributed by atoms with Crippen LogP contribution in [0.25, 0.3) is 22.3 Å². The molecule has 7 heteroatoms. The molecule has 0 atom stereocenters. The van der Waals surface area contributed by atoms with Crippen molar-refractivity contribution in [3.8, 4) is 11.4 Å². The molecule has 0 saturated carbocycles. The molecule has 3 rings (SSSR count). The maximum absolute atomic E-state index is 10.6. The molecule has 114 valence electrons. The van der Waals surface area contributed by atoms with Gasteiger partial charge in [0.15, 0.2) is 11.0 Å². The third-order valence-electron chi connectivity index (χ3n) is 3.72. The number of carbonyl (C=O) groups is 1. The van der Waals surface area contributed by atoms with Gasteiger partial charge in [-0.25, -0.2) is 0 Å². The summed E-state index contributed by atoms with van der Waals surface area (Å²) in [6.45, 7) is 4.13. The number of benzene rings is 1. The molecule has 2 aromatic heterocycles. The Kier molecular flexibility index (Phi) is 3.66. The van der Waals surface area contributed by atoms with E-state index in [-0.39, 0.29) is 5.75 Å². The Bertz CT molecular complexity index is 866. The van der Waals surface area contributed by atoms with Crippen molar-refractivity contribution >= 4 is 28.6 Å². The number of aromatic nitrogens is 4. The van der Waals surface area contributed by atoms with Crippen molar-refractivity contribution in [2.75, 3.05) is 5.75 Å². The van der Waals surface area contributed by atoms with E-state index in [1.807, 2.05) is 26.1 Å². The van der Waals surface area contributed by atoms with E-state index in [4.69, 9.17) is 0 Å². The highest BCUT2D eigenvalue weighted by Gasteiger charge is 2.13. The highest BCUT2D eigenvalue weighted by molar-refractivity contribution is 7.99. The van der Waals surface area contributed by atoms with Crippen LogP contribution in [0.5, 0.6) is 0 Å². The number of aromatic amines is 1. The van der Waals surface area contributed by atoms with Crippen LogP contribution >= 0.6 is 11.8 Å². The van der Waals surface area contributed by atoms with E-state index < -0.39 is 5.97 Å². The molecule has 2 heterocycles. The molecule has 0 aliphatic carbocycles. The summed E-state index contributed by atoms with van der Waals surface area (Å²) in [5.41, 5.74) is 4.40. The van der Waals surface area contributed by atoms with Crippen LogP contribution in [0, 0.1) is 13.8 Å². The fourth-order valence-corrected chi connectivity index (χ4v) is 3.04. The minimum absolute atomic E-state index is 0.138. The smallest absolute Gasteiger partial charge is 0.191 e. The largest absolute Gasteiger partial charge is 0.549 e. The van der Waals surface area contributed by atoms with E-state index in [9.17, 15) is 9.90 Å². The van der Waals surface area contributed by atoms with Gasteiger partial charge in [-0.1, -0.05) is 11.8 Å². The van der Waals surface area contributed by atoms with E-state index in [2.05, 4.69) is 28.2 Å². The van der Waals surface area contributed by atoms with Crippen LogP contribution in [0.15, 0.2) is 23.4 Å². The van der Waals surface area contributed by atoms with Crippen molar-refractivity contribution in [1.82, 2.24) is 19.7 Å². The summed E-state index contributed by atoms with van der Waals surface area (Å²) < 4.78 is 1.80. The third kappa shape index (κ3) is 2.48. The number of hydrogen-bond donors (Lipinski definition) is 1. The van der Waals surface area contributed by atoms with Crippen LogP contribution < -0.4 is 5.11 Å². The van der Waals surface area contributed by atoms with Gasteiger partial charge in [-0.05, 0) is 37.6 Å². The Labute approximate surface area is 131 Å². The molecule has 1 N–H and O–H groups in total. The van der Waals surface area contributed by atoms with E-state index >= 15 is 0 Å². The second-order valence-corrected chi connectivity index (χ2v) is 6.10. The van der Waals surface area contributed by atoms with Crippen molar-refractivity contribution in [3.05, 3.63) is 29.5 Å². The molecule has 0 aliphatic rings. The molecule has 0 fully saturated rings. The van der Waals surface area contributed by atoms with Gasteiger partial charge in [-0.15, -0.1) is 10.2 Å². The summed E-state index contributed by atoms with van der Waals surface area (Å²) in [7, 11) is 1.83. The first-order valence-corrected chi connectivity index (χ1v) is 7.77. The Morgan fingerprint density at radius 1 is 1.36 bits per heavy atom. The van der Waals surface area contributed by atoms with Gasteiger partial charge in [0.1, 0.15) is 0 Å². The van der Waals surface area contributed by atoms with Crippen molar-refractivity contribution in [1.29, 1.82) is 0 Å². The minimum atomic E-state index is -1.12. The zero-order chi connectivity index (χ0) is 15.9. The molecule has 0 radical (unpaired) electrons. The molecule has 1 aromatic carbocycles.